The fourth-order valence-electron chi connectivity index (χ4n) is 3.83. The maximum atomic E-state index is 13.2. The van der Waals surface area contributed by atoms with Crippen molar-refractivity contribution in [3.8, 4) is 5.75 Å². The first-order valence-electron chi connectivity index (χ1n) is 9.99. The van der Waals surface area contributed by atoms with Gasteiger partial charge >= 0.3 is 0 Å². The minimum Gasteiger partial charge on any atom is -0.476 e. The SMILES string of the molecule is CC1(C)Oc2ccc(C(=O)N3CCCC3)cc2N(CC(=O)c2ccc(F)cc2)C1=O. The molecule has 2 aromatic rings. The molecule has 0 atom stereocenters. The zero-order valence-corrected chi connectivity index (χ0v) is 17.0. The maximum absolute atomic E-state index is 13.2. The number of Topliss-reactive ketones (excluding diaryl/α,β-unsaturated/α-hetero) is 1. The Balaban J connectivity index is 1.68. The van der Waals surface area contributed by atoms with Gasteiger partial charge in [0.1, 0.15) is 11.6 Å². The average Bonchev–Trinajstić information content (AvgIpc) is 3.25. The van der Waals surface area contributed by atoms with E-state index >= 15 is 0 Å². The number of likely N-dealkylation sites (tertiary alicyclic amines) is 1. The Labute approximate surface area is 174 Å². The van der Waals surface area contributed by atoms with Gasteiger partial charge in [0.15, 0.2) is 11.4 Å². The lowest BCUT2D eigenvalue weighted by molar-refractivity contribution is -0.132. The van der Waals surface area contributed by atoms with E-state index in [1.807, 2.05) is 0 Å². The number of carbonyl (C=O) groups is 3. The number of ketones is 1. The second-order valence-electron chi connectivity index (χ2n) is 8.12. The molecule has 0 unspecified atom stereocenters. The van der Waals surface area contributed by atoms with Crippen LogP contribution in [0.1, 0.15) is 47.4 Å². The van der Waals surface area contributed by atoms with E-state index in [-0.39, 0.29) is 24.1 Å². The summed E-state index contributed by atoms with van der Waals surface area (Å²) >= 11 is 0. The van der Waals surface area contributed by atoms with E-state index in [4.69, 9.17) is 4.74 Å². The molecule has 0 aliphatic carbocycles. The summed E-state index contributed by atoms with van der Waals surface area (Å²) in [5.41, 5.74) is -0.0125. The van der Waals surface area contributed by atoms with Crippen molar-refractivity contribution in [2.24, 2.45) is 0 Å². The summed E-state index contributed by atoms with van der Waals surface area (Å²) < 4.78 is 19.0. The predicted octanol–water partition coefficient (Wildman–Crippen LogP) is 3.45. The molecule has 0 spiro atoms. The second kappa shape index (κ2) is 7.55. The first kappa shape index (κ1) is 20.1. The van der Waals surface area contributed by atoms with Crippen LogP contribution in [0.5, 0.6) is 5.75 Å². The van der Waals surface area contributed by atoms with Crippen LogP contribution in [0, 0.1) is 5.82 Å². The third kappa shape index (κ3) is 3.67. The number of ether oxygens (including phenoxy) is 1. The van der Waals surface area contributed by atoms with Crippen LogP contribution in [0.15, 0.2) is 42.5 Å². The van der Waals surface area contributed by atoms with E-state index in [1.54, 1.807) is 36.9 Å². The highest BCUT2D eigenvalue weighted by atomic mass is 19.1. The van der Waals surface area contributed by atoms with Gasteiger partial charge in [-0.05, 0) is 69.2 Å². The van der Waals surface area contributed by atoms with Crippen molar-refractivity contribution in [3.05, 3.63) is 59.4 Å². The molecular weight excluding hydrogens is 387 g/mol. The summed E-state index contributed by atoms with van der Waals surface area (Å²) in [5.74, 6) is -0.813. The number of carbonyl (C=O) groups excluding carboxylic acids is 3. The molecule has 0 radical (unpaired) electrons. The molecule has 2 amide bonds. The second-order valence-corrected chi connectivity index (χ2v) is 8.12. The number of halogens is 1. The van der Waals surface area contributed by atoms with Gasteiger partial charge in [0.05, 0.1) is 12.2 Å². The van der Waals surface area contributed by atoms with E-state index in [1.165, 1.54) is 29.2 Å². The zero-order valence-electron chi connectivity index (χ0n) is 17.0. The van der Waals surface area contributed by atoms with Crippen LogP contribution < -0.4 is 9.64 Å². The monoisotopic (exact) mass is 410 g/mol. The standard InChI is InChI=1S/C23H23FN2O4/c1-23(2)22(29)26(14-19(27)15-5-8-17(24)9-6-15)18-13-16(7-10-20(18)30-23)21(28)25-11-3-4-12-25/h5-10,13H,3-4,11-12,14H2,1-2H3. The molecule has 1 fully saturated rings. The van der Waals surface area contributed by atoms with Gasteiger partial charge in [-0.15, -0.1) is 0 Å². The molecule has 4 rings (SSSR count). The lowest BCUT2D eigenvalue weighted by Crippen LogP contribution is -2.54. The number of hydrogen-bond donors (Lipinski definition) is 0. The molecule has 2 aliphatic rings. The summed E-state index contributed by atoms with van der Waals surface area (Å²) in [6.07, 6.45) is 1.95. The van der Waals surface area contributed by atoms with E-state index in [9.17, 15) is 18.8 Å². The van der Waals surface area contributed by atoms with Crippen LogP contribution in [-0.2, 0) is 4.79 Å². The molecule has 0 saturated carbocycles. The number of nitrogens with zero attached hydrogens (tertiary/aromatic N) is 2. The first-order valence-corrected chi connectivity index (χ1v) is 9.99. The first-order chi connectivity index (χ1) is 14.3. The number of hydrogen-bond acceptors (Lipinski definition) is 4. The van der Waals surface area contributed by atoms with Crippen molar-refractivity contribution in [1.29, 1.82) is 0 Å². The van der Waals surface area contributed by atoms with Crippen LogP contribution >= 0.6 is 0 Å². The molecule has 2 aromatic carbocycles. The third-order valence-electron chi connectivity index (χ3n) is 5.48. The van der Waals surface area contributed by atoms with Crippen molar-refractivity contribution in [1.82, 2.24) is 4.90 Å². The number of benzene rings is 2. The molecule has 156 valence electrons. The number of anilines is 1. The smallest absolute Gasteiger partial charge is 0.271 e. The topological polar surface area (TPSA) is 66.9 Å². The highest BCUT2D eigenvalue weighted by Gasteiger charge is 2.42. The summed E-state index contributed by atoms with van der Waals surface area (Å²) in [4.78, 5) is 41.8. The Morgan fingerprint density at radius 1 is 1.03 bits per heavy atom. The molecule has 0 bridgehead atoms. The molecule has 2 heterocycles. The Bertz CT molecular complexity index is 1010. The van der Waals surface area contributed by atoms with Crippen LogP contribution in [0.4, 0.5) is 10.1 Å². The molecule has 7 heteroatoms. The van der Waals surface area contributed by atoms with E-state index in [0.717, 1.165) is 12.8 Å². The molecule has 2 aliphatic heterocycles. The van der Waals surface area contributed by atoms with E-state index in [2.05, 4.69) is 0 Å². The highest BCUT2D eigenvalue weighted by Crippen LogP contribution is 2.38. The van der Waals surface area contributed by atoms with Crippen molar-refractivity contribution in [3.63, 3.8) is 0 Å². The van der Waals surface area contributed by atoms with Gasteiger partial charge in [-0.2, -0.15) is 0 Å². The minimum atomic E-state index is -1.16. The number of fused-ring (bicyclic) bond motifs is 1. The number of rotatable bonds is 4. The summed E-state index contributed by atoms with van der Waals surface area (Å²) in [5, 5.41) is 0. The van der Waals surface area contributed by atoms with E-state index < -0.39 is 11.4 Å². The van der Waals surface area contributed by atoms with Gasteiger partial charge < -0.3 is 9.64 Å². The van der Waals surface area contributed by atoms with Crippen molar-refractivity contribution in [2.45, 2.75) is 32.3 Å². The molecule has 0 aromatic heterocycles. The molecule has 1 saturated heterocycles. The Morgan fingerprint density at radius 2 is 1.67 bits per heavy atom. The van der Waals surface area contributed by atoms with Crippen LogP contribution in [0.2, 0.25) is 0 Å². The van der Waals surface area contributed by atoms with Gasteiger partial charge in [0.25, 0.3) is 11.8 Å². The van der Waals surface area contributed by atoms with Crippen LogP contribution in [-0.4, -0.2) is 47.7 Å². The largest absolute Gasteiger partial charge is 0.476 e. The van der Waals surface area contributed by atoms with E-state index in [0.29, 0.717) is 35.7 Å². The van der Waals surface area contributed by atoms with Crippen molar-refractivity contribution in [2.75, 3.05) is 24.5 Å². The lowest BCUT2D eigenvalue weighted by Gasteiger charge is -2.38. The minimum absolute atomic E-state index is 0.0996. The molecular formula is C23H23FN2O4. The fraction of sp³-hybridized carbons (Fsp3) is 0.348. The lowest BCUT2D eigenvalue weighted by atomic mass is 10.0. The summed E-state index contributed by atoms with van der Waals surface area (Å²) in [7, 11) is 0. The molecule has 0 N–H and O–H groups in total. The van der Waals surface area contributed by atoms with Crippen LogP contribution in [0.3, 0.4) is 0 Å². The van der Waals surface area contributed by atoms with Gasteiger partial charge in [0, 0.05) is 24.2 Å². The van der Waals surface area contributed by atoms with Gasteiger partial charge in [-0.25, -0.2) is 4.39 Å². The van der Waals surface area contributed by atoms with Crippen LogP contribution in [0.25, 0.3) is 0 Å². The van der Waals surface area contributed by atoms with Gasteiger partial charge in [0.2, 0.25) is 0 Å². The molecule has 30 heavy (non-hydrogen) atoms. The highest BCUT2D eigenvalue weighted by molar-refractivity contribution is 6.10. The average molecular weight is 410 g/mol. The number of amides is 2. The Hall–Kier alpha value is -3.22. The van der Waals surface area contributed by atoms with Crippen molar-refractivity contribution >= 4 is 23.3 Å². The fourth-order valence-corrected chi connectivity index (χ4v) is 3.83. The maximum Gasteiger partial charge on any atom is 0.271 e. The van der Waals surface area contributed by atoms with Gasteiger partial charge in [-0.3, -0.25) is 19.3 Å². The predicted molar refractivity (Wildman–Crippen MR) is 109 cm³/mol. The quantitative estimate of drug-likeness (QED) is 0.724. The Morgan fingerprint density at radius 3 is 2.33 bits per heavy atom. The van der Waals surface area contributed by atoms with Gasteiger partial charge in [-0.1, -0.05) is 0 Å². The third-order valence-corrected chi connectivity index (χ3v) is 5.48. The normalized spacial score (nSPS) is 17.5. The summed E-state index contributed by atoms with van der Waals surface area (Å²) in [6.45, 7) is 4.47. The molecule has 6 nitrogen and oxygen atoms in total. The zero-order chi connectivity index (χ0) is 21.5. The van der Waals surface area contributed by atoms with Crippen molar-refractivity contribution < 1.29 is 23.5 Å². The Kier molecular flexibility index (Phi) is 5.05. The summed E-state index contributed by atoms with van der Waals surface area (Å²) in [6, 6.07) is 10.2.